The first-order valence-electron chi connectivity index (χ1n) is 9.92. The van der Waals surface area contributed by atoms with Crippen LogP contribution in [0.25, 0.3) is 5.57 Å². The number of halogens is 1. The van der Waals surface area contributed by atoms with Gasteiger partial charge < -0.3 is 9.84 Å². The number of cyclic esters (lactones) is 1. The van der Waals surface area contributed by atoms with Crippen LogP contribution in [0.4, 0.5) is 4.39 Å². The van der Waals surface area contributed by atoms with Crippen molar-refractivity contribution in [2.75, 3.05) is 0 Å². The Morgan fingerprint density at radius 1 is 1.19 bits per heavy atom. The molecule has 2 aliphatic rings. The second kappa shape index (κ2) is 7.38. The lowest BCUT2D eigenvalue weighted by Crippen LogP contribution is -2.34. The zero-order valence-corrected chi connectivity index (χ0v) is 16.8. The minimum atomic E-state index is -0.597. The molecule has 1 fully saturated rings. The van der Waals surface area contributed by atoms with Gasteiger partial charge in [-0.15, -0.1) is 0 Å². The van der Waals surface area contributed by atoms with Gasteiger partial charge in [-0.2, -0.15) is 0 Å². The van der Waals surface area contributed by atoms with Gasteiger partial charge in [0.05, 0.1) is 12.5 Å². The van der Waals surface area contributed by atoms with Gasteiger partial charge in [-0.05, 0) is 59.8 Å². The largest absolute Gasteiger partial charge is 0.462 e. The fourth-order valence-corrected chi connectivity index (χ4v) is 5.12. The smallest absolute Gasteiger partial charge is 0.308 e. The standard InChI is InChI=1S/C23H31FO3/c1-22(2)13-19(15-5-7-16(24)8-6-15)20(23(3,4)14-22)10-9-18-11-17(25)12-21(26)27-18/h5-8,17-18,25H,9-14H2,1-4H3/t17-,18-/m0/s1. The Hall–Kier alpha value is -1.68. The molecule has 1 aliphatic carbocycles. The summed E-state index contributed by atoms with van der Waals surface area (Å²) < 4.78 is 18.9. The fourth-order valence-electron chi connectivity index (χ4n) is 5.12. The van der Waals surface area contributed by atoms with Crippen LogP contribution in [0.1, 0.15) is 71.8 Å². The van der Waals surface area contributed by atoms with E-state index in [1.165, 1.54) is 23.3 Å². The Kier molecular flexibility index (Phi) is 5.49. The fraction of sp³-hybridized carbons (Fsp3) is 0.609. The van der Waals surface area contributed by atoms with Crippen molar-refractivity contribution in [3.8, 4) is 0 Å². The molecule has 3 rings (SSSR count). The molecule has 1 N–H and O–H groups in total. The van der Waals surface area contributed by atoms with Gasteiger partial charge in [-0.3, -0.25) is 4.79 Å². The number of esters is 1. The average Bonchev–Trinajstić information content (AvgIpc) is 2.51. The summed E-state index contributed by atoms with van der Waals surface area (Å²) in [4.78, 5) is 11.6. The maximum atomic E-state index is 13.4. The first kappa shape index (κ1) is 20.1. The predicted molar refractivity (Wildman–Crippen MR) is 104 cm³/mol. The summed E-state index contributed by atoms with van der Waals surface area (Å²) in [6.45, 7) is 9.12. The Morgan fingerprint density at radius 2 is 1.85 bits per heavy atom. The molecule has 0 unspecified atom stereocenters. The van der Waals surface area contributed by atoms with E-state index in [1.807, 2.05) is 12.1 Å². The van der Waals surface area contributed by atoms with Crippen LogP contribution in [0.2, 0.25) is 0 Å². The summed E-state index contributed by atoms with van der Waals surface area (Å²) in [7, 11) is 0. The van der Waals surface area contributed by atoms with Gasteiger partial charge in [0.15, 0.2) is 0 Å². The van der Waals surface area contributed by atoms with Crippen molar-refractivity contribution in [2.45, 2.75) is 78.4 Å². The molecule has 3 nitrogen and oxygen atoms in total. The first-order valence-corrected chi connectivity index (χ1v) is 9.92. The monoisotopic (exact) mass is 374 g/mol. The lowest BCUT2D eigenvalue weighted by molar-refractivity contribution is -0.160. The number of hydrogen-bond acceptors (Lipinski definition) is 3. The second-order valence-corrected chi connectivity index (χ2v) is 9.61. The average molecular weight is 374 g/mol. The van der Waals surface area contributed by atoms with E-state index < -0.39 is 6.10 Å². The molecule has 1 aromatic carbocycles. The van der Waals surface area contributed by atoms with E-state index in [-0.39, 0.29) is 35.1 Å². The van der Waals surface area contributed by atoms with Crippen molar-refractivity contribution in [1.29, 1.82) is 0 Å². The third-order valence-corrected chi connectivity index (χ3v) is 5.90. The molecule has 1 saturated heterocycles. The minimum Gasteiger partial charge on any atom is -0.462 e. The highest BCUT2D eigenvalue weighted by atomic mass is 19.1. The van der Waals surface area contributed by atoms with Crippen molar-refractivity contribution in [3.05, 3.63) is 41.2 Å². The van der Waals surface area contributed by atoms with E-state index in [9.17, 15) is 14.3 Å². The van der Waals surface area contributed by atoms with Gasteiger partial charge in [0, 0.05) is 6.42 Å². The van der Waals surface area contributed by atoms with Gasteiger partial charge in [-0.25, -0.2) is 4.39 Å². The number of allylic oxidation sites excluding steroid dienone is 2. The van der Waals surface area contributed by atoms with Crippen LogP contribution in [-0.4, -0.2) is 23.3 Å². The SMILES string of the molecule is CC1(C)CC(c2ccc(F)cc2)=C(CC[C@H]2C[C@H](O)CC(=O)O2)C(C)(C)C1. The zero-order chi connectivity index (χ0) is 19.8. The number of aliphatic hydroxyl groups is 1. The molecule has 0 amide bonds. The molecule has 27 heavy (non-hydrogen) atoms. The Morgan fingerprint density at radius 3 is 2.48 bits per heavy atom. The van der Waals surface area contributed by atoms with Crippen LogP contribution in [0.15, 0.2) is 29.8 Å². The molecule has 1 aliphatic heterocycles. The summed E-state index contributed by atoms with van der Waals surface area (Å²) in [6, 6.07) is 6.78. The Bertz CT molecular complexity index is 730. The van der Waals surface area contributed by atoms with Gasteiger partial charge in [0.25, 0.3) is 0 Å². The molecule has 0 radical (unpaired) electrons. The third-order valence-electron chi connectivity index (χ3n) is 5.90. The van der Waals surface area contributed by atoms with Crippen molar-refractivity contribution in [1.82, 2.24) is 0 Å². The molecular formula is C23H31FO3. The number of rotatable bonds is 4. The number of carbonyl (C=O) groups excluding carboxylic acids is 1. The molecule has 0 saturated carbocycles. The molecule has 0 aromatic heterocycles. The Labute approximate surface area is 161 Å². The van der Waals surface area contributed by atoms with Crippen LogP contribution in [0, 0.1) is 16.6 Å². The summed E-state index contributed by atoms with van der Waals surface area (Å²) in [5, 5.41) is 9.87. The van der Waals surface area contributed by atoms with Crippen molar-refractivity contribution in [2.24, 2.45) is 10.8 Å². The van der Waals surface area contributed by atoms with E-state index in [1.54, 1.807) is 0 Å². The highest BCUT2D eigenvalue weighted by Crippen LogP contribution is 2.53. The van der Waals surface area contributed by atoms with Crippen molar-refractivity contribution < 1.29 is 19.0 Å². The summed E-state index contributed by atoms with van der Waals surface area (Å²) in [5.74, 6) is -0.533. The summed E-state index contributed by atoms with van der Waals surface area (Å²) >= 11 is 0. The highest BCUT2D eigenvalue weighted by Gasteiger charge is 2.39. The number of aliphatic hydroxyl groups excluding tert-OH is 1. The maximum absolute atomic E-state index is 13.4. The molecule has 148 valence electrons. The molecule has 2 atom stereocenters. The lowest BCUT2D eigenvalue weighted by atomic mass is 9.60. The number of ether oxygens (including phenoxy) is 1. The third kappa shape index (κ3) is 4.78. The van der Waals surface area contributed by atoms with E-state index in [2.05, 4.69) is 27.7 Å². The van der Waals surface area contributed by atoms with Crippen LogP contribution < -0.4 is 0 Å². The van der Waals surface area contributed by atoms with Gasteiger partial charge >= 0.3 is 5.97 Å². The molecule has 1 heterocycles. The normalized spacial score (nSPS) is 27.4. The zero-order valence-electron chi connectivity index (χ0n) is 16.8. The van der Waals surface area contributed by atoms with E-state index in [4.69, 9.17) is 4.74 Å². The topological polar surface area (TPSA) is 46.5 Å². The minimum absolute atomic E-state index is 0.0166. The highest BCUT2D eigenvalue weighted by molar-refractivity contribution is 5.72. The molecule has 4 heteroatoms. The lowest BCUT2D eigenvalue weighted by Gasteiger charge is -2.45. The van der Waals surface area contributed by atoms with Crippen LogP contribution in [0.3, 0.4) is 0 Å². The van der Waals surface area contributed by atoms with Crippen LogP contribution in [-0.2, 0) is 9.53 Å². The van der Waals surface area contributed by atoms with Gasteiger partial charge in [0.2, 0.25) is 0 Å². The summed E-state index contributed by atoms with van der Waals surface area (Å²) in [5.41, 5.74) is 3.92. The van der Waals surface area contributed by atoms with E-state index in [0.717, 1.165) is 24.8 Å². The summed E-state index contributed by atoms with van der Waals surface area (Å²) in [6.07, 6.45) is 3.34. The van der Waals surface area contributed by atoms with Crippen molar-refractivity contribution in [3.63, 3.8) is 0 Å². The molecule has 1 aromatic rings. The predicted octanol–water partition coefficient (Wildman–Crippen LogP) is 5.27. The Balaban J connectivity index is 1.90. The second-order valence-electron chi connectivity index (χ2n) is 9.61. The first-order chi connectivity index (χ1) is 12.6. The number of hydrogen-bond donors (Lipinski definition) is 1. The maximum Gasteiger partial charge on any atom is 0.308 e. The quantitative estimate of drug-likeness (QED) is 0.730. The van der Waals surface area contributed by atoms with Crippen LogP contribution >= 0.6 is 0 Å². The van der Waals surface area contributed by atoms with Gasteiger partial charge in [-0.1, -0.05) is 45.4 Å². The van der Waals surface area contributed by atoms with Crippen LogP contribution in [0.5, 0.6) is 0 Å². The number of carbonyl (C=O) groups is 1. The molecule has 0 spiro atoms. The van der Waals surface area contributed by atoms with Gasteiger partial charge in [0.1, 0.15) is 11.9 Å². The van der Waals surface area contributed by atoms with Crippen molar-refractivity contribution >= 4 is 11.5 Å². The molecule has 0 bridgehead atoms. The number of benzene rings is 1. The van der Waals surface area contributed by atoms with E-state index in [0.29, 0.717) is 12.8 Å². The molecular weight excluding hydrogens is 343 g/mol. The van der Waals surface area contributed by atoms with E-state index >= 15 is 0 Å².